The van der Waals surface area contributed by atoms with E-state index < -0.39 is 18.0 Å². The second kappa shape index (κ2) is 7.66. The number of carbonyl (C=O) groups is 2. The summed E-state index contributed by atoms with van der Waals surface area (Å²) < 4.78 is 0. The molecule has 2 amide bonds. The summed E-state index contributed by atoms with van der Waals surface area (Å²) in [6.45, 7) is 0. The van der Waals surface area contributed by atoms with E-state index in [1.165, 1.54) is 19.2 Å². The number of nitrogens with zero attached hydrogens (tertiary/aromatic N) is 1. The molecule has 1 fully saturated rings. The molecule has 0 aliphatic heterocycles. The number of urea groups is 1. The molecule has 7 heteroatoms. The van der Waals surface area contributed by atoms with Crippen LogP contribution in [0.1, 0.15) is 44.2 Å². The normalized spacial score (nSPS) is 17.7. The Morgan fingerprint density at radius 2 is 2.05 bits per heavy atom. The van der Waals surface area contributed by atoms with Crippen LogP contribution in [0.5, 0.6) is 0 Å². The van der Waals surface area contributed by atoms with Crippen LogP contribution in [0.25, 0.3) is 0 Å². The highest BCUT2D eigenvalue weighted by molar-refractivity contribution is 5.82. The van der Waals surface area contributed by atoms with Crippen molar-refractivity contribution in [2.45, 2.75) is 57.0 Å². The predicted molar refractivity (Wildman–Crippen MR) is 76.9 cm³/mol. The number of rotatable bonds is 5. The summed E-state index contributed by atoms with van der Waals surface area (Å²) in [6.07, 6.45) is 9.79. The van der Waals surface area contributed by atoms with Crippen LogP contribution in [0.4, 0.5) is 4.79 Å². The van der Waals surface area contributed by atoms with E-state index >= 15 is 0 Å². The average Bonchev–Trinajstić information content (AvgIpc) is 2.81. The number of carboxylic acids is 1. The highest BCUT2D eigenvalue weighted by Crippen LogP contribution is 2.17. The molecule has 21 heavy (non-hydrogen) atoms. The number of hydrogen-bond donors (Lipinski definition) is 4. The summed E-state index contributed by atoms with van der Waals surface area (Å²) in [4.78, 5) is 29.9. The smallest absolute Gasteiger partial charge is 0.326 e. The number of aromatic amines is 1. The first-order valence-electron chi connectivity index (χ1n) is 7.42. The SMILES string of the molecule is O=C(NC1CCCCCC1)N[C@@H](Cc1cnc[nH]1)C(=O)O. The van der Waals surface area contributed by atoms with Gasteiger partial charge in [-0.3, -0.25) is 0 Å². The Labute approximate surface area is 123 Å². The molecular formula is C14H22N4O3. The van der Waals surface area contributed by atoms with Crippen LogP contribution in [-0.4, -0.2) is 39.2 Å². The summed E-state index contributed by atoms with van der Waals surface area (Å²) in [7, 11) is 0. The van der Waals surface area contributed by atoms with Crippen LogP contribution < -0.4 is 10.6 Å². The highest BCUT2D eigenvalue weighted by Gasteiger charge is 2.22. The highest BCUT2D eigenvalue weighted by atomic mass is 16.4. The van der Waals surface area contributed by atoms with E-state index in [1.54, 1.807) is 6.20 Å². The Kier molecular flexibility index (Phi) is 5.59. The van der Waals surface area contributed by atoms with Gasteiger partial charge in [-0.1, -0.05) is 25.7 Å². The molecule has 1 atom stereocenters. The molecule has 1 heterocycles. The molecule has 0 radical (unpaired) electrons. The van der Waals surface area contributed by atoms with Crippen molar-refractivity contribution in [1.29, 1.82) is 0 Å². The summed E-state index contributed by atoms with van der Waals surface area (Å²) in [5.74, 6) is -1.05. The van der Waals surface area contributed by atoms with Gasteiger partial charge in [0.15, 0.2) is 0 Å². The number of hydrogen-bond acceptors (Lipinski definition) is 3. The van der Waals surface area contributed by atoms with Gasteiger partial charge in [0.1, 0.15) is 6.04 Å². The van der Waals surface area contributed by atoms with E-state index in [0.29, 0.717) is 5.69 Å². The number of aliphatic carboxylic acids is 1. The van der Waals surface area contributed by atoms with Crippen molar-refractivity contribution in [2.24, 2.45) is 0 Å². The van der Waals surface area contributed by atoms with Gasteiger partial charge in [0.05, 0.1) is 6.33 Å². The fourth-order valence-electron chi connectivity index (χ4n) is 2.63. The van der Waals surface area contributed by atoms with Gasteiger partial charge in [0.2, 0.25) is 0 Å². The Bertz CT molecular complexity index is 453. The maximum atomic E-state index is 12.0. The van der Waals surface area contributed by atoms with E-state index in [1.807, 2.05) is 0 Å². The predicted octanol–water partition coefficient (Wildman–Crippen LogP) is 1.43. The molecule has 4 N–H and O–H groups in total. The Hall–Kier alpha value is -2.05. The number of carbonyl (C=O) groups excluding carboxylic acids is 1. The van der Waals surface area contributed by atoms with Crippen molar-refractivity contribution in [1.82, 2.24) is 20.6 Å². The maximum Gasteiger partial charge on any atom is 0.326 e. The number of carboxylic acid groups (broad SMARTS) is 1. The van der Waals surface area contributed by atoms with Crippen molar-refractivity contribution >= 4 is 12.0 Å². The van der Waals surface area contributed by atoms with Crippen LogP contribution >= 0.6 is 0 Å². The zero-order chi connectivity index (χ0) is 15.1. The van der Waals surface area contributed by atoms with E-state index in [0.717, 1.165) is 25.7 Å². The summed E-state index contributed by atoms with van der Waals surface area (Å²) >= 11 is 0. The van der Waals surface area contributed by atoms with Crippen molar-refractivity contribution in [3.05, 3.63) is 18.2 Å². The molecule has 116 valence electrons. The van der Waals surface area contributed by atoms with Crippen molar-refractivity contribution in [3.8, 4) is 0 Å². The molecule has 0 saturated heterocycles. The third-order valence-electron chi connectivity index (χ3n) is 3.77. The summed E-state index contributed by atoms with van der Waals surface area (Å²) in [5, 5.41) is 14.6. The van der Waals surface area contributed by atoms with Gasteiger partial charge < -0.3 is 20.7 Å². The van der Waals surface area contributed by atoms with Gasteiger partial charge in [0.25, 0.3) is 0 Å². The molecule has 0 aromatic carbocycles. The van der Waals surface area contributed by atoms with Gasteiger partial charge in [0, 0.05) is 24.4 Å². The minimum atomic E-state index is -1.05. The molecule has 7 nitrogen and oxygen atoms in total. The first-order valence-corrected chi connectivity index (χ1v) is 7.42. The molecular weight excluding hydrogens is 272 g/mol. The number of aromatic nitrogens is 2. The fraction of sp³-hybridized carbons (Fsp3) is 0.643. The molecule has 0 bridgehead atoms. The van der Waals surface area contributed by atoms with Crippen molar-refractivity contribution < 1.29 is 14.7 Å². The third-order valence-corrected chi connectivity index (χ3v) is 3.77. The van der Waals surface area contributed by atoms with Crippen LogP contribution in [0.3, 0.4) is 0 Å². The molecule has 2 rings (SSSR count). The first-order chi connectivity index (χ1) is 10.1. The maximum absolute atomic E-state index is 12.0. The fourth-order valence-corrected chi connectivity index (χ4v) is 2.63. The Morgan fingerprint density at radius 1 is 1.33 bits per heavy atom. The zero-order valence-corrected chi connectivity index (χ0v) is 12.0. The Balaban J connectivity index is 1.84. The number of H-pyrrole nitrogens is 1. The minimum Gasteiger partial charge on any atom is -0.480 e. The largest absolute Gasteiger partial charge is 0.480 e. The quantitative estimate of drug-likeness (QED) is 0.616. The van der Waals surface area contributed by atoms with Gasteiger partial charge in [-0.05, 0) is 12.8 Å². The van der Waals surface area contributed by atoms with Gasteiger partial charge in [-0.15, -0.1) is 0 Å². The lowest BCUT2D eigenvalue weighted by Crippen LogP contribution is -2.49. The first kappa shape index (κ1) is 15.3. The summed E-state index contributed by atoms with van der Waals surface area (Å²) in [5.41, 5.74) is 0.678. The molecule has 1 aromatic heterocycles. The van der Waals surface area contributed by atoms with E-state index in [4.69, 9.17) is 0 Å². The second-order valence-electron chi connectivity index (χ2n) is 5.48. The lowest BCUT2D eigenvalue weighted by Gasteiger charge is -2.19. The molecule has 0 unspecified atom stereocenters. The van der Waals surface area contributed by atoms with E-state index in [2.05, 4.69) is 20.6 Å². The third kappa shape index (κ3) is 5.09. The number of amides is 2. The van der Waals surface area contributed by atoms with Crippen LogP contribution in [0.2, 0.25) is 0 Å². The zero-order valence-electron chi connectivity index (χ0n) is 12.0. The Morgan fingerprint density at radius 3 is 2.62 bits per heavy atom. The van der Waals surface area contributed by atoms with Crippen LogP contribution in [0.15, 0.2) is 12.5 Å². The molecule has 1 aromatic rings. The lowest BCUT2D eigenvalue weighted by molar-refractivity contribution is -0.139. The van der Waals surface area contributed by atoms with Gasteiger partial charge >= 0.3 is 12.0 Å². The van der Waals surface area contributed by atoms with Gasteiger partial charge in [-0.2, -0.15) is 0 Å². The van der Waals surface area contributed by atoms with Crippen LogP contribution in [0, 0.1) is 0 Å². The molecule has 1 saturated carbocycles. The number of imidazole rings is 1. The van der Waals surface area contributed by atoms with Crippen molar-refractivity contribution in [2.75, 3.05) is 0 Å². The monoisotopic (exact) mass is 294 g/mol. The standard InChI is InChI=1S/C14H22N4O3/c19-13(20)12(7-11-8-15-9-16-11)18-14(21)17-10-5-3-1-2-4-6-10/h8-10,12H,1-7H2,(H,15,16)(H,19,20)(H2,17,18,21)/t12-/m0/s1. The molecule has 0 spiro atoms. The number of nitrogens with one attached hydrogen (secondary N) is 3. The van der Waals surface area contributed by atoms with E-state index in [9.17, 15) is 14.7 Å². The summed E-state index contributed by atoms with van der Waals surface area (Å²) in [6, 6.07) is -1.22. The second-order valence-corrected chi connectivity index (χ2v) is 5.48. The van der Waals surface area contributed by atoms with E-state index in [-0.39, 0.29) is 12.5 Å². The van der Waals surface area contributed by atoms with Gasteiger partial charge in [-0.25, -0.2) is 14.6 Å². The van der Waals surface area contributed by atoms with Crippen LogP contribution in [-0.2, 0) is 11.2 Å². The molecule has 1 aliphatic carbocycles. The molecule has 1 aliphatic rings. The van der Waals surface area contributed by atoms with Crippen molar-refractivity contribution in [3.63, 3.8) is 0 Å². The average molecular weight is 294 g/mol. The minimum absolute atomic E-state index is 0.147. The topological polar surface area (TPSA) is 107 Å². The lowest BCUT2D eigenvalue weighted by atomic mass is 10.1.